The third-order valence-corrected chi connectivity index (χ3v) is 4.09. The Morgan fingerprint density at radius 1 is 1.21 bits per heavy atom. The van der Waals surface area contributed by atoms with Gasteiger partial charge in [0.15, 0.2) is 0 Å². The molecule has 2 N–H and O–H groups in total. The molecular weight excluding hydrogens is 241 g/mol. The highest BCUT2D eigenvalue weighted by Gasteiger charge is 2.23. The number of rotatable bonds is 5. The summed E-state index contributed by atoms with van der Waals surface area (Å²) in [4.78, 5) is 0. The standard InChI is InChI=1S/C16H24FNO/c1-2-15(18-14-6-4-3-5-7-14)16(19)12-8-10-13(17)11-9-12/h8-11,14-16,18-19H,2-7H2,1H3. The molecule has 0 bridgehead atoms. The van der Waals surface area contributed by atoms with E-state index >= 15 is 0 Å². The molecule has 1 aromatic rings. The Labute approximate surface area is 115 Å². The molecule has 0 amide bonds. The Morgan fingerprint density at radius 2 is 1.84 bits per heavy atom. The molecule has 106 valence electrons. The van der Waals surface area contributed by atoms with Gasteiger partial charge in [-0.25, -0.2) is 4.39 Å². The smallest absolute Gasteiger partial charge is 0.123 e. The highest BCUT2D eigenvalue weighted by Crippen LogP contribution is 2.23. The van der Waals surface area contributed by atoms with E-state index in [-0.39, 0.29) is 11.9 Å². The Balaban J connectivity index is 1.97. The van der Waals surface area contributed by atoms with Gasteiger partial charge in [-0.2, -0.15) is 0 Å². The summed E-state index contributed by atoms with van der Waals surface area (Å²) in [6.45, 7) is 2.08. The predicted octanol–water partition coefficient (Wildman–Crippen LogP) is 3.56. The monoisotopic (exact) mass is 265 g/mol. The van der Waals surface area contributed by atoms with Crippen molar-refractivity contribution in [3.63, 3.8) is 0 Å². The summed E-state index contributed by atoms with van der Waals surface area (Å²) in [6.07, 6.45) is 6.60. The molecule has 2 atom stereocenters. The SMILES string of the molecule is CCC(NC1CCCCC1)C(O)c1ccc(F)cc1. The van der Waals surface area contributed by atoms with Crippen LogP contribution in [0.5, 0.6) is 0 Å². The summed E-state index contributed by atoms with van der Waals surface area (Å²) in [6, 6.07) is 6.73. The number of hydrogen-bond acceptors (Lipinski definition) is 2. The number of nitrogens with one attached hydrogen (secondary N) is 1. The average molecular weight is 265 g/mol. The average Bonchev–Trinajstić information content (AvgIpc) is 2.46. The second-order valence-corrected chi connectivity index (χ2v) is 5.51. The minimum atomic E-state index is -0.562. The minimum Gasteiger partial charge on any atom is -0.387 e. The summed E-state index contributed by atoms with van der Waals surface area (Å²) >= 11 is 0. The van der Waals surface area contributed by atoms with Crippen LogP contribution in [0.25, 0.3) is 0 Å². The fourth-order valence-electron chi connectivity index (χ4n) is 2.90. The maximum absolute atomic E-state index is 12.9. The summed E-state index contributed by atoms with van der Waals surface area (Å²) in [5.41, 5.74) is 0.788. The summed E-state index contributed by atoms with van der Waals surface area (Å²) in [7, 11) is 0. The topological polar surface area (TPSA) is 32.3 Å². The molecule has 0 radical (unpaired) electrons. The first-order valence-corrected chi connectivity index (χ1v) is 7.40. The van der Waals surface area contributed by atoms with Crippen LogP contribution in [0.4, 0.5) is 4.39 Å². The fourth-order valence-corrected chi connectivity index (χ4v) is 2.90. The van der Waals surface area contributed by atoms with Crippen LogP contribution in [0.3, 0.4) is 0 Å². The van der Waals surface area contributed by atoms with Crippen LogP contribution in [0.15, 0.2) is 24.3 Å². The zero-order valence-corrected chi connectivity index (χ0v) is 11.6. The molecule has 2 nitrogen and oxygen atoms in total. The van der Waals surface area contributed by atoms with E-state index in [9.17, 15) is 9.50 Å². The van der Waals surface area contributed by atoms with Crippen molar-refractivity contribution in [1.29, 1.82) is 0 Å². The van der Waals surface area contributed by atoms with E-state index in [1.165, 1.54) is 44.2 Å². The van der Waals surface area contributed by atoms with E-state index in [2.05, 4.69) is 12.2 Å². The molecule has 1 aromatic carbocycles. The van der Waals surface area contributed by atoms with Crippen LogP contribution < -0.4 is 5.32 Å². The molecule has 1 aliphatic carbocycles. The lowest BCUT2D eigenvalue weighted by Gasteiger charge is -2.31. The van der Waals surface area contributed by atoms with E-state index in [4.69, 9.17) is 0 Å². The van der Waals surface area contributed by atoms with Crippen molar-refractivity contribution in [3.8, 4) is 0 Å². The van der Waals surface area contributed by atoms with Crippen molar-refractivity contribution in [2.75, 3.05) is 0 Å². The highest BCUT2D eigenvalue weighted by molar-refractivity contribution is 5.20. The zero-order valence-electron chi connectivity index (χ0n) is 11.6. The van der Waals surface area contributed by atoms with Crippen LogP contribution in [0.2, 0.25) is 0 Å². The summed E-state index contributed by atoms with van der Waals surface area (Å²) in [5, 5.41) is 14.0. The van der Waals surface area contributed by atoms with Gasteiger partial charge in [0.1, 0.15) is 5.82 Å². The molecular formula is C16H24FNO. The molecule has 3 heteroatoms. The fraction of sp³-hybridized carbons (Fsp3) is 0.625. The lowest BCUT2D eigenvalue weighted by atomic mass is 9.92. The summed E-state index contributed by atoms with van der Waals surface area (Å²) < 4.78 is 12.9. The largest absolute Gasteiger partial charge is 0.387 e. The van der Waals surface area contributed by atoms with E-state index in [0.717, 1.165) is 12.0 Å². The minimum absolute atomic E-state index is 0.0496. The molecule has 0 spiro atoms. The van der Waals surface area contributed by atoms with Crippen molar-refractivity contribution in [1.82, 2.24) is 5.32 Å². The van der Waals surface area contributed by atoms with Gasteiger partial charge in [-0.15, -0.1) is 0 Å². The molecule has 1 saturated carbocycles. The van der Waals surface area contributed by atoms with Crippen molar-refractivity contribution in [2.24, 2.45) is 0 Å². The lowest BCUT2D eigenvalue weighted by Crippen LogP contribution is -2.42. The molecule has 1 aliphatic rings. The zero-order chi connectivity index (χ0) is 13.7. The van der Waals surface area contributed by atoms with Crippen LogP contribution in [0, 0.1) is 5.82 Å². The molecule has 2 unspecified atom stereocenters. The van der Waals surface area contributed by atoms with Crippen LogP contribution in [-0.2, 0) is 0 Å². The number of benzene rings is 1. The predicted molar refractivity (Wildman–Crippen MR) is 75.4 cm³/mol. The van der Waals surface area contributed by atoms with Crippen LogP contribution in [0.1, 0.15) is 57.1 Å². The van der Waals surface area contributed by atoms with E-state index in [1.807, 2.05) is 0 Å². The number of halogens is 1. The first kappa shape index (κ1) is 14.5. The highest BCUT2D eigenvalue weighted by atomic mass is 19.1. The Kier molecular flexibility index (Phi) is 5.34. The maximum Gasteiger partial charge on any atom is 0.123 e. The van der Waals surface area contributed by atoms with Gasteiger partial charge in [-0.1, -0.05) is 38.3 Å². The number of aliphatic hydroxyl groups is 1. The third-order valence-electron chi connectivity index (χ3n) is 4.09. The Bertz CT molecular complexity index is 373. The van der Waals surface area contributed by atoms with E-state index in [0.29, 0.717) is 6.04 Å². The summed E-state index contributed by atoms with van der Waals surface area (Å²) in [5.74, 6) is -0.260. The van der Waals surface area contributed by atoms with Gasteiger partial charge in [-0.05, 0) is 37.0 Å². The first-order valence-electron chi connectivity index (χ1n) is 7.40. The number of aliphatic hydroxyl groups excluding tert-OH is 1. The van der Waals surface area contributed by atoms with Gasteiger partial charge in [-0.3, -0.25) is 0 Å². The van der Waals surface area contributed by atoms with Crippen molar-refractivity contribution in [2.45, 2.75) is 63.6 Å². The van der Waals surface area contributed by atoms with E-state index < -0.39 is 6.10 Å². The molecule has 0 aliphatic heterocycles. The van der Waals surface area contributed by atoms with Gasteiger partial charge < -0.3 is 10.4 Å². The Morgan fingerprint density at radius 3 is 2.42 bits per heavy atom. The maximum atomic E-state index is 12.9. The number of hydrogen-bond donors (Lipinski definition) is 2. The van der Waals surface area contributed by atoms with E-state index in [1.54, 1.807) is 12.1 Å². The molecule has 0 heterocycles. The van der Waals surface area contributed by atoms with Gasteiger partial charge in [0, 0.05) is 12.1 Å². The van der Waals surface area contributed by atoms with Crippen molar-refractivity contribution >= 4 is 0 Å². The second-order valence-electron chi connectivity index (χ2n) is 5.51. The van der Waals surface area contributed by atoms with Gasteiger partial charge >= 0.3 is 0 Å². The second kappa shape index (κ2) is 7.01. The lowest BCUT2D eigenvalue weighted by molar-refractivity contribution is 0.114. The van der Waals surface area contributed by atoms with Crippen molar-refractivity contribution < 1.29 is 9.50 Å². The molecule has 1 fully saturated rings. The molecule has 0 saturated heterocycles. The van der Waals surface area contributed by atoms with Crippen LogP contribution in [-0.4, -0.2) is 17.2 Å². The first-order chi connectivity index (χ1) is 9.20. The third kappa shape index (κ3) is 4.02. The van der Waals surface area contributed by atoms with Gasteiger partial charge in [0.05, 0.1) is 6.10 Å². The molecule has 2 rings (SSSR count). The van der Waals surface area contributed by atoms with Crippen molar-refractivity contribution in [3.05, 3.63) is 35.6 Å². The van der Waals surface area contributed by atoms with Gasteiger partial charge in [0.2, 0.25) is 0 Å². The van der Waals surface area contributed by atoms with Crippen LogP contribution >= 0.6 is 0 Å². The molecule has 0 aromatic heterocycles. The Hall–Kier alpha value is -0.930. The molecule has 19 heavy (non-hydrogen) atoms. The normalized spacial score (nSPS) is 20.2. The van der Waals surface area contributed by atoms with Gasteiger partial charge in [0.25, 0.3) is 0 Å². The quantitative estimate of drug-likeness (QED) is 0.853.